The lowest BCUT2D eigenvalue weighted by atomic mass is 10.2. The van der Waals surface area contributed by atoms with Crippen molar-refractivity contribution in [1.82, 2.24) is 25.4 Å². The highest BCUT2D eigenvalue weighted by Crippen LogP contribution is 2.15. The van der Waals surface area contributed by atoms with Crippen LogP contribution in [0.15, 0.2) is 11.1 Å². The molecule has 2 aromatic heterocycles. The summed E-state index contributed by atoms with van der Waals surface area (Å²) in [6, 6.07) is 0. The van der Waals surface area contributed by atoms with Crippen LogP contribution < -0.4 is 4.72 Å². The third-order valence-electron chi connectivity index (χ3n) is 2.81. The van der Waals surface area contributed by atoms with Gasteiger partial charge in [0.15, 0.2) is 0 Å². The summed E-state index contributed by atoms with van der Waals surface area (Å²) in [5, 5.41) is 14.1. The Kier molecular flexibility index (Phi) is 3.98. The van der Waals surface area contributed by atoms with Crippen molar-refractivity contribution in [2.75, 3.05) is 4.72 Å². The van der Waals surface area contributed by atoms with Gasteiger partial charge in [-0.1, -0.05) is 13.8 Å². The molecule has 20 heavy (non-hydrogen) atoms. The summed E-state index contributed by atoms with van der Waals surface area (Å²) in [4.78, 5) is 4.26. The minimum absolute atomic E-state index is 0.0281. The maximum absolute atomic E-state index is 12.2. The summed E-state index contributed by atoms with van der Waals surface area (Å²) in [6.07, 6.45) is 2.61. The highest BCUT2D eigenvalue weighted by Gasteiger charge is 2.20. The van der Waals surface area contributed by atoms with Crippen molar-refractivity contribution >= 4 is 16.0 Å². The number of aromatic amines is 1. The van der Waals surface area contributed by atoms with Crippen LogP contribution >= 0.6 is 0 Å². The Bertz CT molecular complexity index is 709. The fourth-order valence-electron chi connectivity index (χ4n) is 1.77. The van der Waals surface area contributed by atoms with Gasteiger partial charge in [0.05, 0.1) is 23.3 Å². The molecule has 2 rings (SSSR count). The van der Waals surface area contributed by atoms with E-state index in [1.54, 1.807) is 6.92 Å². The molecule has 0 aliphatic heterocycles. The van der Waals surface area contributed by atoms with Crippen LogP contribution in [0.3, 0.4) is 0 Å². The zero-order valence-electron chi connectivity index (χ0n) is 11.5. The average molecular weight is 296 g/mol. The number of nitrogens with zero attached hydrogens (tertiary/aromatic N) is 4. The smallest absolute Gasteiger partial charge is 0.267 e. The quantitative estimate of drug-likeness (QED) is 0.844. The second kappa shape index (κ2) is 5.53. The molecule has 0 bridgehead atoms. The van der Waals surface area contributed by atoms with Crippen molar-refractivity contribution in [2.45, 2.75) is 38.5 Å². The van der Waals surface area contributed by atoms with E-state index in [4.69, 9.17) is 0 Å². The second-order valence-electron chi connectivity index (χ2n) is 4.20. The predicted octanol–water partition coefficient (Wildman–Crippen LogP) is 0.829. The summed E-state index contributed by atoms with van der Waals surface area (Å²) >= 11 is 0. The van der Waals surface area contributed by atoms with Gasteiger partial charge in [0.25, 0.3) is 16.0 Å². The summed E-state index contributed by atoms with van der Waals surface area (Å²) < 4.78 is 26.6. The number of anilines is 1. The zero-order valence-corrected chi connectivity index (χ0v) is 12.3. The van der Waals surface area contributed by atoms with Crippen LogP contribution in [0, 0.1) is 6.92 Å². The number of hydrogen-bond donors (Lipinski definition) is 2. The van der Waals surface area contributed by atoms with Crippen LogP contribution in [0.2, 0.25) is 0 Å². The maximum atomic E-state index is 12.2. The van der Waals surface area contributed by atoms with Crippen LogP contribution in [0.5, 0.6) is 0 Å². The SMILES string of the molecule is CCc1nnc(NS(=O)(=O)c2cn[nH]c2C)nc1CC. The maximum Gasteiger partial charge on any atom is 0.267 e. The van der Waals surface area contributed by atoms with E-state index in [9.17, 15) is 8.42 Å². The van der Waals surface area contributed by atoms with E-state index in [-0.39, 0.29) is 10.8 Å². The monoisotopic (exact) mass is 296 g/mol. The minimum atomic E-state index is -3.75. The summed E-state index contributed by atoms with van der Waals surface area (Å²) in [5.74, 6) is -0.0281. The van der Waals surface area contributed by atoms with E-state index in [0.717, 1.165) is 11.4 Å². The van der Waals surface area contributed by atoms with E-state index < -0.39 is 10.0 Å². The van der Waals surface area contributed by atoms with Gasteiger partial charge in [0, 0.05) is 0 Å². The molecule has 9 heteroatoms. The molecule has 0 radical (unpaired) electrons. The molecule has 0 saturated heterocycles. The molecule has 0 aliphatic rings. The number of hydrogen-bond acceptors (Lipinski definition) is 6. The first-order valence-corrected chi connectivity index (χ1v) is 7.71. The Balaban J connectivity index is 2.33. The number of rotatable bonds is 5. The molecule has 2 N–H and O–H groups in total. The Morgan fingerprint density at radius 2 is 1.90 bits per heavy atom. The Labute approximate surface area is 117 Å². The van der Waals surface area contributed by atoms with Gasteiger partial charge in [-0.25, -0.2) is 18.1 Å². The predicted molar refractivity (Wildman–Crippen MR) is 72.7 cm³/mol. The summed E-state index contributed by atoms with van der Waals surface area (Å²) in [7, 11) is -3.75. The molecule has 108 valence electrons. The van der Waals surface area contributed by atoms with Gasteiger partial charge in [-0.05, 0) is 19.8 Å². The second-order valence-corrected chi connectivity index (χ2v) is 5.85. The summed E-state index contributed by atoms with van der Waals surface area (Å²) in [5.41, 5.74) is 1.96. The molecule has 8 nitrogen and oxygen atoms in total. The first kappa shape index (κ1) is 14.4. The molecule has 0 atom stereocenters. The molecule has 0 spiro atoms. The van der Waals surface area contributed by atoms with Crippen molar-refractivity contribution in [3.63, 3.8) is 0 Å². The van der Waals surface area contributed by atoms with Crippen molar-refractivity contribution in [2.24, 2.45) is 0 Å². The molecule has 0 fully saturated rings. The zero-order chi connectivity index (χ0) is 14.8. The third kappa shape index (κ3) is 2.77. The Morgan fingerprint density at radius 3 is 2.45 bits per heavy atom. The van der Waals surface area contributed by atoms with Gasteiger partial charge in [0.2, 0.25) is 0 Å². The lowest BCUT2D eigenvalue weighted by Gasteiger charge is -2.08. The Hall–Kier alpha value is -2.03. The standard InChI is InChI=1S/C11H16N6O2S/c1-4-8-9(5-2)15-16-11(13-8)17-20(18,19)10-6-12-14-7(10)3/h6H,4-5H2,1-3H3,(H,12,14)(H,13,16,17). The molecular formula is C11H16N6O2S. The average Bonchev–Trinajstić information content (AvgIpc) is 2.85. The fourth-order valence-corrected chi connectivity index (χ4v) is 2.84. The van der Waals surface area contributed by atoms with E-state index in [2.05, 4.69) is 30.1 Å². The highest BCUT2D eigenvalue weighted by molar-refractivity contribution is 7.92. The van der Waals surface area contributed by atoms with Gasteiger partial charge in [-0.3, -0.25) is 5.10 Å². The largest absolute Gasteiger partial charge is 0.281 e. The van der Waals surface area contributed by atoms with Gasteiger partial charge >= 0.3 is 0 Å². The molecule has 0 unspecified atom stereocenters. The minimum Gasteiger partial charge on any atom is -0.281 e. The van der Waals surface area contributed by atoms with Gasteiger partial charge in [-0.15, -0.1) is 10.2 Å². The van der Waals surface area contributed by atoms with E-state index >= 15 is 0 Å². The van der Waals surface area contributed by atoms with Crippen LogP contribution in [0.25, 0.3) is 0 Å². The molecule has 2 heterocycles. The first-order valence-electron chi connectivity index (χ1n) is 6.23. The van der Waals surface area contributed by atoms with Gasteiger partial charge in [0.1, 0.15) is 4.90 Å². The van der Waals surface area contributed by atoms with Crippen LogP contribution in [-0.2, 0) is 22.9 Å². The van der Waals surface area contributed by atoms with E-state index in [0.29, 0.717) is 18.5 Å². The lowest BCUT2D eigenvalue weighted by molar-refractivity contribution is 0.600. The number of H-pyrrole nitrogens is 1. The third-order valence-corrected chi connectivity index (χ3v) is 4.25. The molecule has 2 aromatic rings. The highest BCUT2D eigenvalue weighted by atomic mass is 32.2. The number of aryl methyl sites for hydroxylation is 3. The summed E-state index contributed by atoms with van der Waals surface area (Å²) in [6.45, 7) is 5.50. The number of nitrogens with one attached hydrogen (secondary N) is 2. The molecule has 0 amide bonds. The van der Waals surface area contributed by atoms with Crippen molar-refractivity contribution in [3.8, 4) is 0 Å². The van der Waals surface area contributed by atoms with Gasteiger partial charge < -0.3 is 0 Å². The molecule has 0 aromatic carbocycles. The van der Waals surface area contributed by atoms with Crippen LogP contribution in [0.1, 0.15) is 30.9 Å². The van der Waals surface area contributed by atoms with Crippen molar-refractivity contribution < 1.29 is 8.42 Å². The lowest BCUT2D eigenvalue weighted by Crippen LogP contribution is -2.17. The van der Waals surface area contributed by atoms with Crippen LogP contribution in [-0.4, -0.2) is 33.8 Å². The van der Waals surface area contributed by atoms with Crippen molar-refractivity contribution in [1.29, 1.82) is 0 Å². The normalized spacial score (nSPS) is 11.6. The molecule has 0 aliphatic carbocycles. The number of aromatic nitrogens is 5. The Morgan fingerprint density at radius 1 is 1.20 bits per heavy atom. The fraction of sp³-hybridized carbons (Fsp3) is 0.455. The first-order chi connectivity index (χ1) is 9.47. The van der Waals surface area contributed by atoms with Gasteiger partial charge in [-0.2, -0.15) is 5.10 Å². The van der Waals surface area contributed by atoms with Crippen LogP contribution in [0.4, 0.5) is 5.95 Å². The van der Waals surface area contributed by atoms with E-state index in [1.165, 1.54) is 6.20 Å². The number of sulfonamides is 1. The molecule has 0 saturated carbocycles. The topological polar surface area (TPSA) is 114 Å². The van der Waals surface area contributed by atoms with Crippen molar-refractivity contribution in [3.05, 3.63) is 23.3 Å². The van der Waals surface area contributed by atoms with E-state index in [1.807, 2.05) is 13.8 Å². The molecular weight excluding hydrogens is 280 g/mol.